The Morgan fingerprint density at radius 1 is 1.29 bits per heavy atom. The molecule has 0 atom stereocenters. The molecule has 1 heterocycles. The van der Waals surface area contributed by atoms with Crippen molar-refractivity contribution in [3.05, 3.63) is 18.7 Å². The first-order chi connectivity index (χ1) is 10.1. The average Bonchev–Trinajstić information content (AvgIpc) is 2.89. The zero-order valence-electron chi connectivity index (χ0n) is 12.5. The molecule has 7 nitrogen and oxygen atoms in total. The van der Waals surface area contributed by atoms with Gasteiger partial charge in [0.2, 0.25) is 12.2 Å². The maximum Gasteiger partial charge on any atom is 0.243 e. The minimum atomic E-state index is -1.22. The van der Waals surface area contributed by atoms with Gasteiger partial charge in [-0.05, 0) is 6.42 Å². The van der Waals surface area contributed by atoms with Gasteiger partial charge in [-0.1, -0.05) is 13.3 Å². The molecule has 0 bridgehead atoms. The van der Waals surface area contributed by atoms with Crippen LogP contribution in [0.15, 0.2) is 18.7 Å². The van der Waals surface area contributed by atoms with Gasteiger partial charge in [-0.2, -0.15) is 0 Å². The summed E-state index contributed by atoms with van der Waals surface area (Å²) in [4.78, 5) is 21.5. The Bertz CT molecular complexity index is 445. The second-order valence-corrected chi connectivity index (χ2v) is 4.92. The Morgan fingerprint density at radius 3 is 2.81 bits per heavy atom. The van der Waals surface area contributed by atoms with E-state index in [-0.39, 0.29) is 19.0 Å². The van der Waals surface area contributed by atoms with Crippen LogP contribution in [0.1, 0.15) is 26.2 Å². The second kappa shape index (κ2) is 9.93. The van der Waals surface area contributed by atoms with E-state index in [9.17, 15) is 14.7 Å². The van der Waals surface area contributed by atoms with E-state index < -0.39 is 5.97 Å². The molecule has 118 valence electrons. The molecule has 21 heavy (non-hydrogen) atoms. The highest BCUT2D eigenvalue weighted by Crippen LogP contribution is 1.93. The molecule has 1 aromatic heterocycles. The van der Waals surface area contributed by atoms with Crippen molar-refractivity contribution in [2.45, 2.75) is 39.3 Å². The lowest BCUT2D eigenvalue weighted by Gasteiger charge is -2.06. The summed E-state index contributed by atoms with van der Waals surface area (Å²) < 4.78 is 4.25. The minimum Gasteiger partial charge on any atom is -0.549 e. The normalized spacial score (nSPS) is 10.5. The van der Waals surface area contributed by atoms with Crippen molar-refractivity contribution in [2.24, 2.45) is 0 Å². The van der Waals surface area contributed by atoms with Crippen molar-refractivity contribution >= 4 is 11.9 Å². The number of rotatable bonds is 11. The number of aromatic nitrogens is 2. The zero-order chi connectivity index (χ0) is 15.5. The van der Waals surface area contributed by atoms with Crippen molar-refractivity contribution < 1.29 is 19.3 Å². The SMILES string of the molecule is CCCCn1cc[n+](CCCNC(=O)CNCC(=O)[O-])c1. The Morgan fingerprint density at radius 2 is 2.10 bits per heavy atom. The number of carboxylic acid groups (broad SMARTS) is 1. The van der Waals surface area contributed by atoms with Gasteiger partial charge in [0.05, 0.1) is 25.6 Å². The Labute approximate surface area is 125 Å². The van der Waals surface area contributed by atoms with Crippen molar-refractivity contribution in [3.63, 3.8) is 0 Å². The maximum absolute atomic E-state index is 11.4. The predicted molar refractivity (Wildman–Crippen MR) is 75.0 cm³/mol. The van der Waals surface area contributed by atoms with E-state index in [1.807, 2.05) is 6.20 Å². The second-order valence-electron chi connectivity index (χ2n) is 4.92. The molecule has 0 unspecified atom stereocenters. The van der Waals surface area contributed by atoms with Gasteiger partial charge in [-0.3, -0.25) is 4.79 Å². The first kappa shape index (κ1) is 17.2. The fourth-order valence-electron chi connectivity index (χ4n) is 1.87. The molecule has 2 N–H and O–H groups in total. The fourth-order valence-corrected chi connectivity index (χ4v) is 1.87. The number of aryl methyl sites for hydroxylation is 2. The molecule has 0 saturated carbocycles. The molecule has 1 rings (SSSR count). The van der Waals surface area contributed by atoms with Gasteiger partial charge in [0.15, 0.2) is 0 Å². The van der Waals surface area contributed by atoms with Gasteiger partial charge in [0.25, 0.3) is 0 Å². The lowest BCUT2D eigenvalue weighted by atomic mass is 10.3. The van der Waals surface area contributed by atoms with Crippen LogP contribution >= 0.6 is 0 Å². The number of imidazole rings is 1. The molecule has 0 spiro atoms. The van der Waals surface area contributed by atoms with Crippen LogP contribution in [0.25, 0.3) is 0 Å². The standard InChI is InChI=1S/C14H24N4O3/c1-2-3-6-17-8-9-18(12-17)7-4-5-16-13(19)10-15-11-14(20)21/h8-9,12,15H,2-7,10-11H2,1H3,(H-,16,19,20,21). The van der Waals surface area contributed by atoms with E-state index >= 15 is 0 Å². The first-order valence-electron chi connectivity index (χ1n) is 7.34. The molecule has 0 aliphatic heterocycles. The minimum absolute atomic E-state index is 0.00544. The Kier molecular flexibility index (Phi) is 8.11. The number of carbonyl (C=O) groups excluding carboxylic acids is 2. The summed E-state index contributed by atoms with van der Waals surface area (Å²) in [7, 11) is 0. The Hall–Kier alpha value is -1.89. The van der Waals surface area contributed by atoms with E-state index in [0.717, 1.165) is 19.5 Å². The predicted octanol–water partition coefficient (Wildman–Crippen LogP) is -1.58. The summed E-state index contributed by atoms with van der Waals surface area (Å²) in [5, 5.41) is 15.4. The summed E-state index contributed by atoms with van der Waals surface area (Å²) >= 11 is 0. The molecule has 0 aliphatic carbocycles. The highest BCUT2D eigenvalue weighted by atomic mass is 16.4. The van der Waals surface area contributed by atoms with Crippen LogP contribution in [0.5, 0.6) is 0 Å². The van der Waals surface area contributed by atoms with Gasteiger partial charge in [0.1, 0.15) is 12.4 Å². The van der Waals surface area contributed by atoms with E-state index in [0.29, 0.717) is 6.54 Å². The van der Waals surface area contributed by atoms with Crippen LogP contribution in [-0.2, 0) is 22.7 Å². The highest BCUT2D eigenvalue weighted by Gasteiger charge is 2.04. The van der Waals surface area contributed by atoms with Crippen LogP contribution in [0, 0.1) is 0 Å². The molecule has 0 radical (unpaired) electrons. The average molecular weight is 296 g/mol. The van der Waals surface area contributed by atoms with Crippen molar-refractivity contribution in [1.82, 2.24) is 15.2 Å². The summed E-state index contributed by atoms with van der Waals surface area (Å²) in [5.74, 6) is -1.42. The molecule has 0 aliphatic rings. The summed E-state index contributed by atoms with van der Waals surface area (Å²) in [6, 6.07) is 0. The molecular formula is C14H24N4O3. The maximum atomic E-state index is 11.4. The zero-order valence-corrected chi connectivity index (χ0v) is 12.5. The lowest BCUT2D eigenvalue weighted by Crippen LogP contribution is -2.41. The van der Waals surface area contributed by atoms with Crippen LogP contribution in [0.4, 0.5) is 0 Å². The van der Waals surface area contributed by atoms with Gasteiger partial charge >= 0.3 is 0 Å². The number of hydrogen-bond acceptors (Lipinski definition) is 4. The van der Waals surface area contributed by atoms with E-state index in [4.69, 9.17) is 0 Å². The van der Waals surface area contributed by atoms with Gasteiger partial charge in [-0.25, -0.2) is 9.13 Å². The number of nitrogens with zero attached hydrogens (tertiary/aromatic N) is 2. The number of hydrogen-bond donors (Lipinski definition) is 2. The van der Waals surface area contributed by atoms with Crippen LogP contribution in [-0.4, -0.2) is 36.1 Å². The van der Waals surface area contributed by atoms with E-state index in [1.54, 1.807) is 0 Å². The summed E-state index contributed by atoms with van der Waals surface area (Å²) in [6.45, 7) is 4.29. The smallest absolute Gasteiger partial charge is 0.243 e. The monoisotopic (exact) mass is 296 g/mol. The van der Waals surface area contributed by atoms with Crippen molar-refractivity contribution in [3.8, 4) is 0 Å². The largest absolute Gasteiger partial charge is 0.549 e. The number of aliphatic carboxylic acids is 1. The topological polar surface area (TPSA) is 90.1 Å². The number of nitrogens with one attached hydrogen (secondary N) is 2. The molecule has 7 heteroatoms. The third-order valence-electron chi connectivity index (χ3n) is 2.99. The summed E-state index contributed by atoms with van der Waals surface area (Å²) in [5.41, 5.74) is 0. The Balaban J connectivity index is 2.09. The summed E-state index contributed by atoms with van der Waals surface area (Å²) in [6.07, 6.45) is 9.32. The van der Waals surface area contributed by atoms with Gasteiger partial charge < -0.3 is 20.5 Å². The van der Waals surface area contributed by atoms with Gasteiger partial charge in [0, 0.05) is 19.5 Å². The van der Waals surface area contributed by atoms with E-state index in [1.165, 1.54) is 12.8 Å². The van der Waals surface area contributed by atoms with Crippen LogP contribution in [0.3, 0.4) is 0 Å². The molecule has 0 saturated heterocycles. The molecule has 1 aromatic rings. The van der Waals surface area contributed by atoms with Crippen molar-refractivity contribution in [1.29, 1.82) is 0 Å². The number of carboxylic acids is 1. The fraction of sp³-hybridized carbons (Fsp3) is 0.643. The van der Waals surface area contributed by atoms with Gasteiger partial charge in [-0.15, -0.1) is 0 Å². The number of carbonyl (C=O) groups is 2. The quantitative estimate of drug-likeness (QED) is 0.381. The highest BCUT2D eigenvalue weighted by molar-refractivity contribution is 5.78. The third-order valence-corrected chi connectivity index (χ3v) is 2.99. The molecular weight excluding hydrogens is 272 g/mol. The first-order valence-corrected chi connectivity index (χ1v) is 7.34. The van der Waals surface area contributed by atoms with Crippen LogP contribution in [0.2, 0.25) is 0 Å². The molecule has 0 fully saturated rings. The number of amides is 1. The molecule has 1 amide bonds. The number of unbranched alkanes of at least 4 members (excludes halogenated alkanes) is 1. The lowest BCUT2D eigenvalue weighted by molar-refractivity contribution is -0.696. The molecule has 0 aromatic carbocycles. The van der Waals surface area contributed by atoms with Crippen molar-refractivity contribution in [2.75, 3.05) is 19.6 Å². The van der Waals surface area contributed by atoms with Crippen LogP contribution < -0.4 is 20.3 Å². The van der Waals surface area contributed by atoms with E-state index in [2.05, 4.69) is 39.2 Å². The third kappa shape index (κ3) is 8.09.